The fraction of sp³-hybridized carbons (Fsp3) is 0.200. The second-order valence-electron chi connectivity index (χ2n) is 4.66. The maximum atomic E-state index is 13.8. The normalized spacial score (nSPS) is 11.2. The third-order valence-electron chi connectivity index (χ3n) is 3.28. The Balaban J connectivity index is 2.13. The zero-order valence-electron chi connectivity index (χ0n) is 11.1. The summed E-state index contributed by atoms with van der Waals surface area (Å²) in [5, 5.41) is 0.0773. The summed E-state index contributed by atoms with van der Waals surface area (Å²) in [5.41, 5.74) is 2.46. The van der Waals surface area contributed by atoms with E-state index in [1.54, 1.807) is 18.5 Å². The average molecular weight is 324 g/mol. The Morgan fingerprint density at radius 2 is 1.95 bits per heavy atom. The number of nitrogens with zero attached hydrogens (tertiary/aromatic N) is 3. The maximum absolute atomic E-state index is 13.8. The monoisotopic (exact) mass is 323 g/mol. The van der Waals surface area contributed by atoms with Crippen LogP contribution in [0.5, 0.6) is 0 Å². The first-order valence-corrected chi connectivity index (χ1v) is 7.39. The summed E-state index contributed by atoms with van der Waals surface area (Å²) in [6, 6.07) is 6.81. The standard InChI is InChI=1S/C15H12Cl2FN3/c16-4-1-15-20-13-7-11(17)12(18)8-14(13)21(15)9-10-2-5-19-6-3-10/h2-3,5-8H,1,4,9H2. The Hall–Kier alpha value is -1.65. The van der Waals surface area contributed by atoms with Gasteiger partial charge in [-0.15, -0.1) is 11.6 Å². The van der Waals surface area contributed by atoms with Gasteiger partial charge in [-0.1, -0.05) is 11.6 Å². The molecular formula is C15H12Cl2FN3. The highest BCUT2D eigenvalue weighted by Gasteiger charge is 2.13. The Labute approximate surface area is 131 Å². The lowest BCUT2D eigenvalue weighted by atomic mass is 10.2. The highest BCUT2D eigenvalue weighted by Crippen LogP contribution is 2.25. The lowest BCUT2D eigenvalue weighted by molar-refractivity contribution is 0.628. The molecule has 3 rings (SSSR count). The highest BCUT2D eigenvalue weighted by molar-refractivity contribution is 6.31. The minimum atomic E-state index is -0.447. The fourth-order valence-electron chi connectivity index (χ4n) is 2.29. The molecule has 0 saturated carbocycles. The van der Waals surface area contributed by atoms with Gasteiger partial charge < -0.3 is 4.57 Å². The van der Waals surface area contributed by atoms with Crippen LogP contribution < -0.4 is 0 Å². The van der Waals surface area contributed by atoms with Gasteiger partial charge in [0.15, 0.2) is 0 Å². The molecule has 0 atom stereocenters. The van der Waals surface area contributed by atoms with E-state index in [-0.39, 0.29) is 5.02 Å². The number of rotatable bonds is 4. The molecule has 3 aromatic rings. The molecule has 0 radical (unpaired) electrons. The third-order valence-corrected chi connectivity index (χ3v) is 3.76. The molecule has 0 bridgehead atoms. The van der Waals surface area contributed by atoms with Gasteiger partial charge in [-0.05, 0) is 23.8 Å². The minimum Gasteiger partial charge on any atom is -0.323 e. The van der Waals surface area contributed by atoms with Crippen LogP contribution in [0.25, 0.3) is 11.0 Å². The number of pyridine rings is 1. The zero-order valence-corrected chi connectivity index (χ0v) is 12.6. The smallest absolute Gasteiger partial charge is 0.144 e. The van der Waals surface area contributed by atoms with Gasteiger partial charge in [0.2, 0.25) is 0 Å². The molecule has 0 aliphatic heterocycles. The van der Waals surface area contributed by atoms with Crippen LogP contribution in [0, 0.1) is 5.82 Å². The van der Waals surface area contributed by atoms with E-state index < -0.39 is 5.82 Å². The summed E-state index contributed by atoms with van der Waals surface area (Å²) >= 11 is 11.7. The van der Waals surface area contributed by atoms with Crippen molar-refractivity contribution in [3.8, 4) is 0 Å². The number of aryl methyl sites for hydroxylation is 1. The molecule has 21 heavy (non-hydrogen) atoms. The van der Waals surface area contributed by atoms with Gasteiger partial charge in [0.25, 0.3) is 0 Å². The van der Waals surface area contributed by atoms with E-state index in [1.807, 2.05) is 16.7 Å². The van der Waals surface area contributed by atoms with Crippen LogP contribution in [0.2, 0.25) is 5.02 Å². The zero-order chi connectivity index (χ0) is 14.8. The number of fused-ring (bicyclic) bond motifs is 1. The average Bonchev–Trinajstić information content (AvgIpc) is 2.79. The molecule has 0 fully saturated rings. The molecule has 108 valence electrons. The van der Waals surface area contributed by atoms with E-state index in [0.717, 1.165) is 11.4 Å². The number of halogens is 3. The highest BCUT2D eigenvalue weighted by atomic mass is 35.5. The van der Waals surface area contributed by atoms with Crippen LogP contribution >= 0.6 is 23.2 Å². The number of aromatic nitrogens is 3. The van der Waals surface area contributed by atoms with Crippen LogP contribution in [-0.2, 0) is 13.0 Å². The van der Waals surface area contributed by atoms with Gasteiger partial charge in [0.05, 0.1) is 16.1 Å². The summed E-state index contributed by atoms with van der Waals surface area (Å²) in [6.45, 7) is 0.590. The van der Waals surface area contributed by atoms with Crippen LogP contribution in [-0.4, -0.2) is 20.4 Å². The summed E-state index contributed by atoms with van der Waals surface area (Å²) in [5.74, 6) is 0.825. The molecule has 2 heterocycles. The Morgan fingerprint density at radius 1 is 1.19 bits per heavy atom. The molecule has 6 heteroatoms. The molecule has 0 aliphatic rings. The van der Waals surface area contributed by atoms with Crippen LogP contribution in [0.1, 0.15) is 11.4 Å². The number of benzene rings is 1. The van der Waals surface area contributed by atoms with E-state index in [4.69, 9.17) is 23.2 Å². The van der Waals surface area contributed by atoms with Crippen molar-refractivity contribution in [1.29, 1.82) is 0 Å². The lowest BCUT2D eigenvalue weighted by Gasteiger charge is -2.08. The van der Waals surface area contributed by atoms with Crippen molar-refractivity contribution < 1.29 is 4.39 Å². The Kier molecular flexibility index (Phi) is 4.08. The van der Waals surface area contributed by atoms with E-state index in [2.05, 4.69) is 9.97 Å². The topological polar surface area (TPSA) is 30.7 Å². The SMILES string of the molecule is Fc1cc2c(cc1Cl)nc(CCCl)n2Cc1ccncc1. The molecule has 0 unspecified atom stereocenters. The van der Waals surface area contributed by atoms with Gasteiger partial charge in [0.1, 0.15) is 11.6 Å². The molecule has 0 aliphatic carbocycles. The number of hydrogen-bond donors (Lipinski definition) is 0. The largest absolute Gasteiger partial charge is 0.323 e. The van der Waals surface area contributed by atoms with E-state index in [1.165, 1.54) is 6.07 Å². The van der Waals surface area contributed by atoms with Gasteiger partial charge in [-0.25, -0.2) is 9.37 Å². The molecule has 0 saturated heterocycles. The van der Waals surface area contributed by atoms with Crippen molar-refractivity contribution in [3.63, 3.8) is 0 Å². The van der Waals surface area contributed by atoms with Crippen molar-refractivity contribution >= 4 is 34.2 Å². The van der Waals surface area contributed by atoms with Crippen molar-refractivity contribution in [3.05, 3.63) is 58.9 Å². The first kappa shape index (κ1) is 14.3. The molecule has 3 nitrogen and oxygen atoms in total. The molecule has 0 N–H and O–H groups in total. The predicted octanol–water partition coefficient (Wildman–Crippen LogP) is 4.05. The third kappa shape index (κ3) is 2.87. The molecule has 0 amide bonds. The van der Waals surface area contributed by atoms with Gasteiger partial charge in [-0.3, -0.25) is 4.98 Å². The molecule has 1 aromatic carbocycles. The quantitative estimate of drug-likeness (QED) is 0.678. The number of hydrogen-bond acceptors (Lipinski definition) is 2. The predicted molar refractivity (Wildman–Crippen MR) is 82.5 cm³/mol. The fourth-order valence-corrected chi connectivity index (χ4v) is 2.62. The molecule has 2 aromatic heterocycles. The first-order chi connectivity index (χ1) is 10.2. The van der Waals surface area contributed by atoms with Crippen LogP contribution in [0.3, 0.4) is 0 Å². The summed E-state index contributed by atoms with van der Waals surface area (Å²) < 4.78 is 15.7. The molecule has 0 spiro atoms. The van der Waals surface area contributed by atoms with Crippen LogP contribution in [0.4, 0.5) is 4.39 Å². The van der Waals surface area contributed by atoms with Gasteiger partial charge in [0, 0.05) is 37.3 Å². The molecular weight excluding hydrogens is 312 g/mol. The maximum Gasteiger partial charge on any atom is 0.144 e. The summed E-state index contributed by atoms with van der Waals surface area (Å²) in [4.78, 5) is 8.51. The van der Waals surface area contributed by atoms with Crippen molar-refractivity contribution in [2.75, 3.05) is 5.88 Å². The number of imidazole rings is 1. The second kappa shape index (κ2) is 6.00. The summed E-state index contributed by atoms with van der Waals surface area (Å²) in [7, 11) is 0. The minimum absolute atomic E-state index is 0.0773. The van der Waals surface area contributed by atoms with Crippen molar-refractivity contribution in [1.82, 2.24) is 14.5 Å². The number of alkyl halides is 1. The van der Waals surface area contributed by atoms with Gasteiger partial charge in [-0.2, -0.15) is 0 Å². The van der Waals surface area contributed by atoms with Crippen molar-refractivity contribution in [2.24, 2.45) is 0 Å². The van der Waals surface area contributed by atoms with Gasteiger partial charge >= 0.3 is 0 Å². The van der Waals surface area contributed by atoms with Crippen molar-refractivity contribution in [2.45, 2.75) is 13.0 Å². The summed E-state index contributed by atoms with van der Waals surface area (Å²) in [6.07, 6.45) is 4.07. The van der Waals surface area contributed by atoms with Crippen LogP contribution in [0.15, 0.2) is 36.7 Å². The Morgan fingerprint density at radius 3 is 2.67 bits per heavy atom. The van der Waals surface area contributed by atoms with E-state index in [9.17, 15) is 4.39 Å². The van der Waals surface area contributed by atoms with E-state index in [0.29, 0.717) is 29.9 Å². The lowest BCUT2D eigenvalue weighted by Crippen LogP contribution is -2.06. The second-order valence-corrected chi connectivity index (χ2v) is 5.45. The first-order valence-electron chi connectivity index (χ1n) is 6.48. The Bertz CT molecular complexity index is 771. The van der Waals surface area contributed by atoms with E-state index >= 15 is 0 Å².